The van der Waals surface area contributed by atoms with E-state index < -0.39 is 23.3 Å². The first-order valence-corrected chi connectivity index (χ1v) is 14.3. The lowest BCUT2D eigenvalue weighted by molar-refractivity contribution is 0.0540. The van der Waals surface area contributed by atoms with Crippen LogP contribution in [0.4, 0.5) is 13.6 Å². The summed E-state index contributed by atoms with van der Waals surface area (Å²) in [6, 6.07) is 10.4. The highest BCUT2D eigenvalue weighted by Gasteiger charge is 2.23. The molecule has 1 aromatic heterocycles. The van der Waals surface area contributed by atoms with Gasteiger partial charge in [0.1, 0.15) is 5.60 Å². The van der Waals surface area contributed by atoms with Gasteiger partial charge in [-0.3, -0.25) is 4.99 Å². The van der Waals surface area contributed by atoms with Gasteiger partial charge in [-0.25, -0.2) is 18.1 Å². The third kappa shape index (κ3) is 7.84. The molecule has 2 N–H and O–H groups in total. The number of rotatable bonds is 8. The van der Waals surface area contributed by atoms with E-state index in [-0.39, 0.29) is 5.41 Å². The van der Waals surface area contributed by atoms with Crippen molar-refractivity contribution in [3.05, 3.63) is 70.6 Å². The number of carbonyl (C=O) groups excluding carboxylic acids is 1. The van der Waals surface area contributed by atoms with Crippen molar-refractivity contribution in [2.24, 2.45) is 16.1 Å². The first-order chi connectivity index (χ1) is 19.1. The molecule has 7 heteroatoms. The molecular weight excluding hydrogens is 520 g/mol. The Kier molecular flexibility index (Phi) is 9.83. The van der Waals surface area contributed by atoms with E-state index in [1.807, 2.05) is 58.9 Å². The van der Waals surface area contributed by atoms with Gasteiger partial charge in [-0.1, -0.05) is 39.8 Å². The van der Waals surface area contributed by atoms with Gasteiger partial charge in [0.15, 0.2) is 11.6 Å². The summed E-state index contributed by atoms with van der Waals surface area (Å²) in [6.45, 7) is 15.8. The van der Waals surface area contributed by atoms with Crippen molar-refractivity contribution in [3.8, 4) is 11.1 Å². The van der Waals surface area contributed by atoms with Gasteiger partial charge in [-0.05, 0) is 112 Å². The number of halogens is 2. The molecule has 3 rings (SSSR count). The number of ether oxygens (including phenoxy) is 1. The van der Waals surface area contributed by atoms with Gasteiger partial charge >= 0.3 is 6.09 Å². The molecule has 222 valence electrons. The number of benzene rings is 2. The maximum atomic E-state index is 15.3. The van der Waals surface area contributed by atoms with E-state index in [0.717, 1.165) is 40.0 Å². The highest BCUT2D eigenvalue weighted by atomic mass is 19.2. The van der Waals surface area contributed by atoms with E-state index in [2.05, 4.69) is 25.8 Å². The van der Waals surface area contributed by atoms with Crippen molar-refractivity contribution >= 4 is 22.7 Å². The van der Waals surface area contributed by atoms with Crippen molar-refractivity contribution in [2.45, 2.75) is 93.1 Å². The largest absolute Gasteiger partial charge is 0.443 e. The van der Waals surface area contributed by atoms with E-state index in [9.17, 15) is 9.18 Å². The minimum atomic E-state index is -0.872. The molecule has 0 saturated heterocycles. The SMILES string of the molecule is CCc1cc2cc(-c3ccc(F)c(F)c3CCC/C(C(C)=NC)=C(/N)CC(C)(C)C)ccc2n1C(=O)OC(C)(C)C. The second-order valence-corrected chi connectivity index (χ2v) is 12.9. The number of hydrogen-bond acceptors (Lipinski definition) is 4. The van der Waals surface area contributed by atoms with Crippen LogP contribution in [0.5, 0.6) is 0 Å². The molecule has 0 atom stereocenters. The summed E-state index contributed by atoms with van der Waals surface area (Å²) in [7, 11) is 1.74. The molecule has 0 unspecified atom stereocenters. The molecule has 0 bridgehead atoms. The fraction of sp³-hybridized carbons (Fsp3) is 0.471. The van der Waals surface area contributed by atoms with Crippen molar-refractivity contribution in [2.75, 3.05) is 7.05 Å². The van der Waals surface area contributed by atoms with Crippen LogP contribution in [0.2, 0.25) is 0 Å². The first-order valence-electron chi connectivity index (χ1n) is 14.3. The Hall–Kier alpha value is -3.48. The van der Waals surface area contributed by atoms with E-state index in [0.29, 0.717) is 42.3 Å². The Bertz CT molecular complexity index is 1480. The number of hydrogen-bond donors (Lipinski definition) is 1. The minimum absolute atomic E-state index is 0.0178. The van der Waals surface area contributed by atoms with Crippen molar-refractivity contribution < 1.29 is 18.3 Å². The van der Waals surface area contributed by atoms with Crippen LogP contribution in [0.25, 0.3) is 22.0 Å². The molecule has 0 aliphatic rings. The molecule has 5 nitrogen and oxygen atoms in total. The van der Waals surface area contributed by atoms with E-state index >= 15 is 4.39 Å². The molecule has 1 heterocycles. The lowest BCUT2D eigenvalue weighted by atomic mass is 9.87. The Labute approximate surface area is 243 Å². The molecule has 41 heavy (non-hydrogen) atoms. The Morgan fingerprint density at radius 1 is 1.05 bits per heavy atom. The van der Waals surface area contributed by atoms with Gasteiger partial charge in [0.2, 0.25) is 0 Å². The summed E-state index contributed by atoms with van der Waals surface area (Å²) >= 11 is 0. The normalized spacial score (nSPS) is 13.5. The number of aliphatic imine (C=N–C) groups is 1. The number of aryl methyl sites for hydroxylation is 1. The number of nitrogens with zero attached hydrogens (tertiary/aromatic N) is 2. The Balaban J connectivity index is 1.99. The lowest BCUT2D eigenvalue weighted by Gasteiger charge is -2.21. The summed E-state index contributed by atoms with van der Waals surface area (Å²) in [4.78, 5) is 17.4. The minimum Gasteiger partial charge on any atom is -0.443 e. The molecule has 3 aromatic rings. The maximum absolute atomic E-state index is 15.3. The van der Waals surface area contributed by atoms with Gasteiger partial charge in [0.05, 0.1) is 5.52 Å². The van der Waals surface area contributed by atoms with Crippen LogP contribution in [0.3, 0.4) is 0 Å². The van der Waals surface area contributed by atoms with Crippen LogP contribution < -0.4 is 5.73 Å². The Morgan fingerprint density at radius 2 is 1.73 bits per heavy atom. The van der Waals surface area contributed by atoms with Crippen LogP contribution in [0.1, 0.15) is 85.9 Å². The fourth-order valence-electron chi connectivity index (χ4n) is 5.16. The summed E-state index contributed by atoms with van der Waals surface area (Å²) in [5, 5.41) is 0.829. The zero-order valence-electron chi connectivity index (χ0n) is 26.0. The molecule has 0 saturated carbocycles. The van der Waals surface area contributed by atoms with E-state index in [1.165, 1.54) is 6.07 Å². The second-order valence-electron chi connectivity index (χ2n) is 12.9. The zero-order valence-corrected chi connectivity index (χ0v) is 26.0. The summed E-state index contributed by atoms with van der Waals surface area (Å²) in [6.07, 6.45) is 2.44. The third-order valence-electron chi connectivity index (χ3n) is 7.06. The average Bonchev–Trinajstić information content (AvgIpc) is 3.24. The molecule has 0 amide bonds. The number of carbonyl (C=O) groups is 1. The molecule has 0 aliphatic heterocycles. The standard InChI is InChI=1S/C34H45F2N3O2/c1-10-24-19-23-18-22(14-17-30(23)39(24)32(40)41-34(6,7)8)26-15-16-28(35)31(36)27(26)13-11-12-25(21(2)38-9)29(37)20-33(3,4)5/h14-19H,10-13,20,37H2,1-9H3/b29-25-,38-21?. The van der Waals surface area contributed by atoms with E-state index in [4.69, 9.17) is 10.5 Å². The van der Waals surface area contributed by atoms with Crippen LogP contribution in [-0.4, -0.2) is 29.0 Å². The zero-order chi connectivity index (χ0) is 30.7. The predicted octanol–water partition coefficient (Wildman–Crippen LogP) is 8.99. The quantitative estimate of drug-likeness (QED) is 0.277. The number of fused-ring (bicyclic) bond motifs is 1. The molecule has 0 radical (unpaired) electrons. The van der Waals surface area contributed by atoms with Crippen LogP contribution in [0.15, 0.2) is 52.7 Å². The monoisotopic (exact) mass is 565 g/mol. The number of allylic oxidation sites excluding steroid dienone is 2. The smallest absolute Gasteiger partial charge is 0.419 e. The van der Waals surface area contributed by atoms with Gasteiger partial charge < -0.3 is 10.5 Å². The van der Waals surface area contributed by atoms with Crippen molar-refractivity contribution in [1.82, 2.24) is 4.57 Å². The van der Waals surface area contributed by atoms with Gasteiger partial charge in [0.25, 0.3) is 0 Å². The third-order valence-corrected chi connectivity index (χ3v) is 7.06. The number of aromatic nitrogens is 1. The van der Waals surface area contributed by atoms with Crippen LogP contribution in [-0.2, 0) is 17.6 Å². The molecular formula is C34H45F2N3O2. The summed E-state index contributed by atoms with van der Waals surface area (Å²) < 4.78 is 37.0. The van der Waals surface area contributed by atoms with Crippen LogP contribution in [0, 0.1) is 17.0 Å². The molecule has 0 spiro atoms. The van der Waals surface area contributed by atoms with Crippen molar-refractivity contribution in [1.29, 1.82) is 0 Å². The number of nitrogens with two attached hydrogens (primary N) is 1. The van der Waals surface area contributed by atoms with Gasteiger partial charge in [0, 0.05) is 29.5 Å². The highest BCUT2D eigenvalue weighted by molar-refractivity contribution is 5.98. The molecule has 0 aliphatic carbocycles. The maximum Gasteiger partial charge on any atom is 0.419 e. The molecule has 0 fully saturated rings. The van der Waals surface area contributed by atoms with Crippen LogP contribution >= 0.6 is 0 Å². The van der Waals surface area contributed by atoms with E-state index in [1.54, 1.807) is 17.7 Å². The van der Waals surface area contributed by atoms with Gasteiger partial charge in [-0.15, -0.1) is 0 Å². The highest BCUT2D eigenvalue weighted by Crippen LogP contribution is 2.33. The topological polar surface area (TPSA) is 69.6 Å². The first kappa shape index (κ1) is 32.0. The second kappa shape index (κ2) is 12.6. The Morgan fingerprint density at radius 3 is 2.32 bits per heavy atom. The lowest BCUT2D eigenvalue weighted by Crippen LogP contribution is -2.27. The van der Waals surface area contributed by atoms with Crippen molar-refractivity contribution in [3.63, 3.8) is 0 Å². The summed E-state index contributed by atoms with van der Waals surface area (Å²) in [5.74, 6) is -1.71. The molecule has 2 aromatic carbocycles. The summed E-state index contributed by atoms with van der Waals surface area (Å²) in [5.41, 5.74) is 11.7. The average molecular weight is 566 g/mol. The predicted molar refractivity (Wildman–Crippen MR) is 166 cm³/mol. The van der Waals surface area contributed by atoms with Gasteiger partial charge in [-0.2, -0.15) is 0 Å². The fourth-order valence-corrected chi connectivity index (χ4v) is 5.16.